The lowest BCUT2D eigenvalue weighted by Gasteiger charge is -2.42. The van der Waals surface area contributed by atoms with Gasteiger partial charge < -0.3 is 9.84 Å². The van der Waals surface area contributed by atoms with E-state index < -0.39 is 0 Å². The minimum Gasteiger partial charge on any atom is -0.394 e. The number of morpholine rings is 1. The van der Waals surface area contributed by atoms with Gasteiger partial charge in [-0.15, -0.1) is 0 Å². The van der Waals surface area contributed by atoms with Gasteiger partial charge in [-0.3, -0.25) is 4.90 Å². The normalized spacial score (nSPS) is 38.1. The van der Waals surface area contributed by atoms with Crippen LogP contribution in [-0.2, 0) is 4.74 Å². The molecule has 2 rings (SSSR count). The van der Waals surface area contributed by atoms with Crippen molar-refractivity contribution in [2.45, 2.75) is 44.4 Å². The number of aliphatic hydroxyl groups is 1. The summed E-state index contributed by atoms with van der Waals surface area (Å²) in [4.78, 5) is 2.47. The van der Waals surface area contributed by atoms with Crippen LogP contribution in [0.15, 0.2) is 12.2 Å². The van der Waals surface area contributed by atoms with Gasteiger partial charge in [0.15, 0.2) is 0 Å². The van der Waals surface area contributed by atoms with Crippen molar-refractivity contribution >= 4 is 0 Å². The van der Waals surface area contributed by atoms with Crippen molar-refractivity contribution in [2.24, 2.45) is 0 Å². The van der Waals surface area contributed by atoms with Crippen LogP contribution in [0.1, 0.15) is 26.2 Å². The predicted octanol–water partition coefficient (Wildman–Crippen LogP) is 1.18. The standard InChI is InChI=1S/C12H21NO2/c1-10-9-15-12(8-14)7-13(10)11-5-3-2-4-6-11/h3,5,10-12,14H,2,4,6-9H2,1H3. The molecule has 3 nitrogen and oxygen atoms in total. The van der Waals surface area contributed by atoms with Gasteiger partial charge in [0, 0.05) is 18.6 Å². The van der Waals surface area contributed by atoms with Crippen LogP contribution in [0.25, 0.3) is 0 Å². The fourth-order valence-electron chi connectivity index (χ4n) is 2.48. The summed E-state index contributed by atoms with van der Waals surface area (Å²) in [5.74, 6) is 0. The third-order valence-corrected chi connectivity index (χ3v) is 3.41. The van der Waals surface area contributed by atoms with Gasteiger partial charge in [0.1, 0.15) is 0 Å². The Morgan fingerprint density at radius 1 is 1.53 bits per heavy atom. The summed E-state index contributed by atoms with van der Waals surface area (Å²) in [6.45, 7) is 3.96. The zero-order valence-corrected chi connectivity index (χ0v) is 9.43. The van der Waals surface area contributed by atoms with E-state index in [2.05, 4.69) is 24.0 Å². The van der Waals surface area contributed by atoms with E-state index in [1.165, 1.54) is 19.3 Å². The van der Waals surface area contributed by atoms with Crippen LogP contribution in [0.3, 0.4) is 0 Å². The fourth-order valence-corrected chi connectivity index (χ4v) is 2.48. The quantitative estimate of drug-likeness (QED) is 0.696. The Bertz CT molecular complexity index is 230. The Kier molecular flexibility index (Phi) is 3.78. The minimum absolute atomic E-state index is 0.0107. The summed E-state index contributed by atoms with van der Waals surface area (Å²) in [7, 11) is 0. The van der Waals surface area contributed by atoms with E-state index in [4.69, 9.17) is 9.84 Å². The molecule has 2 aliphatic rings. The molecule has 1 aliphatic heterocycles. The number of rotatable bonds is 2. The summed E-state index contributed by atoms with van der Waals surface area (Å²) >= 11 is 0. The van der Waals surface area contributed by atoms with Crippen LogP contribution in [0, 0.1) is 0 Å². The smallest absolute Gasteiger partial charge is 0.0933 e. The van der Waals surface area contributed by atoms with Gasteiger partial charge in [-0.05, 0) is 26.2 Å². The number of allylic oxidation sites excluding steroid dienone is 1. The summed E-state index contributed by atoms with van der Waals surface area (Å²) < 4.78 is 5.54. The molecule has 3 heteroatoms. The highest BCUT2D eigenvalue weighted by Gasteiger charge is 2.30. The third kappa shape index (κ3) is 2.60. The molecule has 3 unspecified atom stereocenters. The summed E-state index contributed by atoms with van der Waals surface area (Å²) in [5.41, 5.74) is 0. The molecule has 0 radical (unpaired) electrons. The molecule has 0 aromatic carbocycles. The third-order valence-electron chi connectivity index (χ3n) is 3.41. The first-order valence-electron chi connectivity index (χ1n) is 5.96. The first-order chi connectivity index (χ1) is 7.31. The highest BCUT2D eigenvalue weighted by molar-refractivity contribution is 5.00. The highest BCUT2D eigenvalue weighted by atomic mass is 16.5. The molecule has 0 amide bonds. The zero-order chi connectivity index (χ0) is 10.7. The minimum atomic E-state index is 0.0107. The summed E-state index contributed by atoms with van der Waals surface area (Å²) in [6.07, 6.45) is 8.37. The van der Waals surface area contributed by atoms with Crippen LogP contribution >= 0.6 is 0 Å². The van der Waals surface area contributed by atoms with Gasteiger partial charge >= 0.3 is 0 Å². The van der Waals surface area contributed by atoms with E-state index in [0.29, 0.717) is 12.1 Å². The van der Waals surface area contributed by atoms with E-state index in [0.717, 1.165) is 13.2 Å². The Morgan fingerprint density at radius 2 is 2.40 bits per heavy atom. The maximum absolute atomic E-state index is 9.12. The Labute approximate surface area is 91.7 Å². The predicted molar refractivity (Wildman–Crippen MR) is 59.8 cm³/mol. The summed E-state index contributed by atoms with van der Waals surface area (Å²) in [5, 5.41) is 9.12. The highest BCUT2D eigenvalue weighted by Crippen LogP contribution is 2.22. The maximum atomic E-state index is 9.12. The van der Waals surface area contributed by atoms with Crippen molar-refractivity contribution in [3.8, 4) is 0 Å². The van der Waals surface area contributed by atoms with E-state index in [-0.39, 0.29) is 12.7 Å². The van der Waals surface area contributed by atoms with E-state index >= 15 is 0 Å². The lowest BCUT2D eigenvalue weighted by molar-refractivity contribution is -0.0868. The maximum Gasteiger partial charge on any atom is 0.0933 e. The SMILES string of the molecule is CC1COC(CO)CN1C1C=CCCC1. The van der Waals surface area contributed by atoms with E-state index in [1.807, 2.05) is 0 Å². The fraction of sp³-hybridized carbons (Fsp3) is 0.833. The molecule has 1 heterocycles. The molecule has 1 saturated heterocycles. The molecule has 0 spiro atoms. The molecule has 1 aliphatic carbocycles. The van der Waals surface area contributed by atoms with Gasteiger partial charge in [0.05, 0.1) is 19.3 Å². The second kappa shape index (κ2) is 5.10. The van der Waals surface area contributed by atoms with Crippen molar-refractivity contribution in [2.75, 3.05) is 19.8 Å². The average molecular weight is 211 g/mol. The largest absolute Gasteiger partial charge is 0.394 e. The van der Waals surface area contributed by atoms with Crippen LogP contribution in [0.4, 0.5) is 0 Å². The van der Waals surface area contributed by atoms with Gasteiger partial charge in [-0.25, -0.2) is 0 Å². The first kappa shape index (κ1) is 11.1. The summed E-state index contributed by atoms with van der Waals surface area (Å²) in [6, 6.07) is 1.03. The average Bonchev–Trinajstić information content (AvgIpc) is 2.31. The molecule has 0 bridgehead atoms. The van der Waals surface area contributed by atoms with Crippen LogP contribution < -0.4 is 0 Å². The van der Waals surface area contributed by atoms with Gasteiger partial charge in [0.2, 0.25) is 0 Å². The molecule has 3 atom stereocenters. The number of hydrogen-bond donors (Lipinski definition) is 1. The molecule has 0 aromatic heterocycles. The second-order valence-corrected chi connectivity index (χ2v) is 4.61. The molecule has 1 fully saturated rings. The monoisotopic (exact) mass is 211 g/mol. The van der Waals surface area contributed by atoms with Gasteiger partial charge in [-0.1, -0.05) is 12.2 Å². The lowest BCUT2D eigenvalue weighted by Crippen LogP contribution is -2.53. The number of aliphatic hydroxyl groups excluding tert-OH is 1. The van der Waals surface area contributed by atoms with Gasteiger partial charge in [-0.2, -0.15) is 0 Å². The van der Waals surface area contributed by atoms with Gasteiger partial charge in [0.25, 0.3) is 0 Å². The lowest BCUT2D eigenvalue weighted by atomic mass is 9.99. The van der Waals surface area contributed by atoms with Crippen LogP contribution in [0.2, 0.25) is 0 Å². The van der Waals surface area contributed by atoms with Crippen molar-refractivity contribution in [1.29, 1.82) is 0 Å². The topological polar surface area (TPSA) is 32.7 Å². The van der Waals surface area contributed by atoms with Crippen molar-refractivity contribution in [1.82, 2.24) is 4.90 Å². The molecular formula is C12H21NO2. The molecule has 1 N–H and O–H groups in total. The Morgan fingerprint density at radius 3 is 3.07 bits per heavy atom. The number of ether oxygens (including phenoxy) is 1. The van der Waals surface area contributed by atoms with Crippen molar-refractivity contribution in [3.05, 3.63) is 12.2 Å². The molecule has 0 aromatic rings. The molecule has 15 heavy (non-hydrogen) atoms. The number of hydrogen-bond acceptors (Lipinski definition) is 3. The van der Waals surface area contributed by atoms with Crippen LogP contribution in [0.5, 0.6) is 0 Å². The zero-order valence-electron chi connectivity index (χ0n) is 9.43. The number of nitrogens with zero attached hydrogens (tertiary/aromatic N) is 1. The Balaban J connectivity index is 1.98. The molecular weight excluding hydrogens is 190 g/mol. The Hall–Kier alpha value is -0.380. The van der Waals surface area contributed by atoms with Crippen molar-refractivity contribution in [3.63, 3.8) is 0 Å². The second-order valence-electron chi connectivity index (χ2n) is 4.61. The van der Waals surface area contributed by atoms with E-state index in [9.17, 15) is 0 Å². The van der Waals surface area contributed by atoms with E-state index in [1.54, 1.807) is 0 Å². The molecule has 86 valence electrons. The van der Waals surface area contributed by atoms with Crippen LogP contribution in [-0.4, -0.2) is 48.0 Å². The first-order valence-corrected chi connectivity index (χ1v) is 5.96. The molecule has 0 saturated carbocycles. The van der Waals surface area contributed by atoms with Crippen molar-refractivity contribution < 1.29 is 9.84 Å².